The Morgan fingerprint density at radius 2 is 1.15 bits per heavy atom. The summed E-state index contributed by atoms with van der Waals surface area (Å²) in [4.78, 5) is 25.7. The third-order valence-corrected chi connectivity index (χ3v) is 13.5. The van der Waals surface area contributed by atoms with Gasteiger partial charge in [0.1, 0.15) is 41.2 Å². The van der Waals surface area contributed by atoms with Gasteiger partial charge in [0.2, 0.25) is 5.05 Å². The van der Waals surface area contributed by atoms with Crippen LogP contribution in [-0.2, 0) is 14.2 Å². The maximum Gasteiger partial charge on any atom is 0.414 e. The predicted octanol–water partition coefficient (Wildman–Crippen LogP) is 10.8. The third kappa shape index (κ3) is 16.0. The number of alkyl halides is 6. The number of amides is 2. The van der Waals surface area contributed by atoms with Crippen LogP contribution in [0.4, 0.5) is 56.1 Å². The second-order valence-corrected chi connectivity index (χ2v) is 18.6. The highest BCUT2D eigenvalue weighted by atomic mass is 32.1. The van der Waals surface area contributed by atoms with Gasteiger partial charge < -0.3 is 35.5 Å². The maximum absolute atomic E-state index is 14.6. The second-order valence-electron chi connectivity index (χ2n) is 17.7. The van der Waals surface area contributed by atoms with Crippen molar-refractivity contribution in [3.63, 3.8) is 0 Å². The van der Waals surface area contributed by atoms with Crippen molar-refractivity contribution in [3.8, 4) is 0 Å². The monoisotopic (exact) mass is 1070 g/mol. The SMILES string of the molecule is C.FC(F)C(=S)OCCC(c1ccccc1)c1ccccc1.NC[C@H]1CN(c2ccc(C3CCC(O)C(F)C3)c(F)c2)C(=O)O1.O=C1O[C@@H](CNC(=S)C(F)F)CN1c1ccc(C2CCC(O)C(F)C2)c(F)c1. The molecule has 0 aromatic heterocycles. The number of hydrogen-bond acceptors (Lipinski definition) is 10. The molecule has 2 aliphatic heterocycles. The topological polar surface area (TPSA) is 147 Å². The lowest BCUT2D eigenvalue weighted by molar-refractivity contribution is 0.0364. The van der Waals surface area contributed by atoms with Crippen LogP contribution in [0.5, 0.6) is 0 Å². The van der Waals surface area contributed by atoms with E-state index >= 15 is 0 Å². The fourth-order valence-electron chi connectivity index (χ4n) is 9.02. The molecule has 4 fully saturated rings. The van der Waals surface area contributed by atoms with E-state index in [-0.39, 0.29) is 82.9 Å². The summed E-state index contributed by atoms with van der Waals surface area (Å²) in [6, 6.07) is 28.6. The van der Waals surface area contributed by atoms with Crippen LogP contribution in [-0.4, -0.2) is 115 Å². The van der Waals surface area contributed by atoms with E-state index in [1.807, 2.05) is 60.7 Å². The van der Waals surface area contributed by atoms with Crippen LogP contribution >= 0.6 is 24.4 Å². The van der Waals surface area contributed by atoms with Gasteiger partial charge in [0, 0.05) is 12.5 Å². The molecule has 6 unspecified atom stereocenters. The summed E-state index contributed by atoms with van der Waals surface area (Å²) >= 11 is 8.96. The van der Waals surface area contributed by atoms with E-state index in [9.17, 15) is 54.9 Å². The lowest BCUT2D eigenvalue weighted by Gasteiger charge is -2.29. The molecular formula is C52H60F8N4O7S2. The van der Waals surface area contributed by atoms with Crippen LogP contribution in [0.25, 0.3) is 0 Å². The van der Waals surface area contributed by atoms with Crippen molar-refractivity contribution in [2.45, 2.75) is 120 Å². The molecule has 8 rings (SSSR count). The van der Waals surface area contributed by atoms with Gasteiger partial charge in [-0.1, -0.05) is 92.4 Å². The molecule has 0 spiro atoms. The molecular weight excluding hydrogens is 1010 g/mol. The van der Waals surface area contributed by atoms with E-state index < -0.39 is 83.5 Å². The number of benzene rings is 4. The Hall–Kier alpha value is -5.48. The zero-order valence-corrected chi connectivity index (χ0v) is 40.5. The second kappa shape index (κ2) is 27.7. The molecule has 4 aromatic carbocycles. The van der Waals surface area contributed by atoms with Gasteiger partial charge in [0.25, 0.3) is 6.43 Å². The van der Waals surface area contributed by atoms with Gasteiger partial charge in [-0.2, -0.15) is 0 Å². The Bertz CT molecular complexity index is 2400. The van der Waals surface area contributed by atoms with E-state index in [1.165, 1.54) is 34.1 Å². The van der Waals surface area contributed by atoms with Gasteiger partial charge in [0.05, 0.1) is 49.8 Å². The number of cyclic esters (lactones) is 2. The lowest BCUT2D eigenvalue weighted by atomic mass is 9.81. The minimum atomic E-state index is -2.80. The van der Waals surface area contributed by atoms with E-state index in [0.717, 1.165) is 11.1 Å². The minimum Gasteiger partial charge on any atom is -0.482 e. The average Bonchev–Trinajstić information content (AvgIpc) is 3.95. The number of carbonyl (C=O) groups is 2. The van der Waals surface area contributed by atoms with Gasteiger partial charge in [-0.3, -0.25) is 9.80 Å². The van der Waals surface area contributed by atoms with Crippen LogP contribution in [0.3, 0.4) is 0 Å². The number of thiocarbonyl (C=S) groups is 2. The molecule has 398 valence electrons. The maximum atomic E-state index is 14.6. The Morgan fingerprint density at radius 1 is 0.699 bits per heavy atom. The minimum absolute atomic E-state index is 0. The highest BCUT2D eigenvalue weighted by molar-refractivity contribution is 7.80. The molecule has 11 nitrogen and oxygen atoms in total. The number of nitrogens with zero attached hydrogens (tertiary/aromatic N) is 2. The highest BCUT2D eigenvalue weighted by Gasteiger charge is 2.36. The Morgan fingerprint density at radius 3 is 1.55 bits per heavy atom. The molecule has 21 heteroatoms. The van der Waals surface area contributed by atoms with Gasteiger partial charge in [-0.25, -0.2) is 44.7 Å². The van der Waals surface area contributed by atoms with E-state index in [2.05, 4.69) is 29.8 Å². The Balaban J connectivity index is 0.000000204. The number of carbonyl (C=O) groups excluding carboxylic acids is 2. The molecule has 2 saturated carbocycles. The molecule has 2 aliphatic carbocycles. The van der Waals surface area contributed by atoms with Crippen molar-refractivity contribution in [3.05, 3.63) is 131 Å². The number of anilines is 2. The predicted molar refractivity (Wildman–Crippen MR) is 269 cm³/mol. The van der Waals surface area contributed by atoms with Gasteiger partial charge >= 0.3 is 18.6 Å². The fourth-order valence-corrected chi connectivity index (χ4v) is 9.18. The number of hydrogen-bond donors (Lipinski definition) is 4. The summed E-state index contributed by atoms with van der Waals surface area (Å²) in [7, 11) is 0. The molecule has 73 heavy (non-hydrogen) atoms. The van der Waals surface area contributed by atoms with E-state index in [4.69, 9.17) is 19.9 Å². The first kappa shape index (κ1) is 58.4. The van der Waals surface area contributed by atoms with Crippen molar-refractivity contribution in [1.29, 1.82) is 0 Å². The molecule has 2 amide bonds. The standard InChI is InChI=1S/C18H20F4N2O3S.C17H16F2OS.C16H20F2N2O3.CH4/c19-13-6-10(2-3-12(13)9-1-4-15(25)14(20)5-9)24-8-11(27-18(24)26)7-23-17(28)16(21)22;18-16(19)17(21)20-12-11-15(13-7-3-1-4-8-13)14-9-5-2-6-10-14;17-13-6-10(20-8-11(7-19)23-16(20)22)2-3-12(13)9-1-4-15(21)14(18)5-9;/h2-3,6,9,11,14-16,25H,1,4-5,7-8H2,(H,23,28);1-10,15-16H,11-12H2;2-3,6,9,11,14-15,21H,1,4-5,7-8,19H2;1H4/t9?,11-,14?,15?;;9?,11-,14?,15?;/m0.0./s1. The normalized spacial score (nSPS) is 23.6. The molecule has 4 aliphatic rings. The Kier molecular flexibility index (Phi) is 22.2. The smallest absolute Gasteiger partial charge is 0.414 e. The number of halogens is 8. The molecule has 0 radical (unpaired) electrons. The number of rotatable bonds is 14. The number of nitrogens with one attached hydrogen (secondary N) is 1. The van der Waals surface area contributed by atoms with Crippen LogP contribution in [0.2, 0.25) is 0 Å². The van der Waals surface area contributed by atoms with Gasteiger partial charge in [0.15, 0.2) is 0 Å². The largest absolute Gasteiger partial charge is 0.482 e. The summed E-state index contributed by atoms with van der Waals surface area (Å²) < 4.78 is 121. The van der Waals surface area contributed by atoms with E-state index in [0.29, 0.717) is 42.5 Å². The first-order valence-electron chi connectivity index (χ1n) is 23.4. The van der Waals surface area contributed by atoms with Gasteiger partial charge in [-0.05, 0) is 116 Å². The molecule has 0 bridgehead atoms. The van der Waals surface area contributed by atoms with Crippen LogP contribution < -0.4 is 20.9 Å². The van der Waals surface area contributed by atoms with Crippen molar-refractivity contribution < 1.29 is 69.1 Å². The fraction of sp³-hybridized carbons (Fsp3) is 0.462. The first-order valence-corrected chi connectivity index (χ1v) is 24.3. The van der Waals surface area contributed by atoms with Crippen molar-refractivity contribution in [1.82, 2.24) is 5.32 Å². The lowest BCUT2D eigenvalue weighted by Crippen LogP contribution is -2.36. The molecule has 5 N–H and O–H groups in total. The van der Waals surface area contributed by atoms with Crippen molar-refractivity contribution in [2.75, 3.05) is 42.6 Å². The quantitative estimate of drug-likeness (QED) is 0.0707. The third-order valence-electron chi connectivity index (χ3n) is 12.9. The zero-order valence-electron chi connectivity index (χ0n) is 38.8. The molecule has 2 saturated heterocycles. The van der Waals surface area contributed by atoms with Crippen LogP contribution in [0.1, 0.15) is 92.4 Å². The summed E-state index contributed by atoms with van der Waals surface area (Å²) in [5, 5.41) is 20.6. The molecule has 2 heterocycles. The Labute approximate surface area is 430 Å². The zero-order chi connectivity index (χ0) is 52.1. The number of aliphatic hydroxyl groups excluding tert-OH is 2. The van der Waals surface area contributed by atoms with E-state index in [1.54, 1.807) is 12.1 Å². The summed E-state index contributed by atoms with van der Waals surface area (Å²) in [6.07, 6.45) is -10.2. The first-order chi connectivity index (χ1) is 34.4. The van der Waals surface area contributed by atoms with Crippen molar-refractivity contribution in [2.24, 2.45) is 5.73 Å². The van der Waals surface area contributed by atoms with Crippen molar-refractivity contribution >= 4 is 58.0 Å². The number of ether oxygens (including phenoxy) is 3. The number of nitrogens with two attached hydrogens (primary N) is 1. The molecule has 4 aromatic rings. The summed E-state index contributed by atoms with van der Waals surface area (Å²) in [5.41, 5.74) is 9.17. The molecule has 8 atom stereocenters. The highest BCUT2D eigenvalue weighted by Crippen LogP contribution is 2.39. The summed E-state index contributed by atoms with van der Waals surface area (Å²) in [6.45, 7) is 0.659. The average molecular weight is 1070 g/mol. The van der Waals surface area contributed by atoms with Crippen LogP contribution in [0.15, 0.2) is 97.1 Å². The van der Waals surface area contributed by atoms with Gasteiger partial charge in [-0.15, -0.1) is 0 Å². The summed E-state index contributed by atoms with van der Waals surface area (Å²) in [5.74, 6) is -1.54. The number of aliphatic hydroxyl groups is 2. The van der Waals surface area contributed by atoms with Crippen LogP contribution in [0, 0.1) is 11.6 Å².